The van der Waals surface area contributed by atoms with Gasteiger partial charge in [-0.1, -0.05) is 24.3 Å². The number of anilines is 1. The van der Waals surface area contributed by atoms with E-state index in [9.17, 15) is 9.59 Å². The fourth-order valence-electron chi connectivity index (χ4n) is 2.77. The molecular weight excluding hydrogens is 354 g/mol. The third kappa shape index (κ3) is 3.73. The summed E-state index contributed by atoms with van der Waals surface area (Å²) in [5.41, 5.74) is 2.41. The Hall–Kier alpha value is -4.00. The third-order valence-electron chi connectivity index (χ3n) is 4.23. The summed E-state index contributed by atoms with van der Waals surface area (Å²) < 4.78 is 1.82. The number of amides is 2. The molecule has 0 aliphatic rings. The van der Waals surface area contributed by atoms with E-state index in [2.05, 4.69) is 20.8 Å². The Morgan fingerprint density at radius 1 is 0.786 bits per heavy atom. The smallest absolute Gasteiger partial charge is 0.255 e. The average molecular weight is 371 g/mol. The highest BCUT2D eigenvalue weighted by atomic mass is 16.2. The first-order chi connectivity index (χ1) is 13.7. The maximum absolute atomic E-state index is 12.4. The number of carbonyl (C=O) groups is 2. The molecule has 0 bridgehead atoms. The van der Waals surface area contributed by atoms with Crippen LogP contribution in [0.25, 0.3) is 5.65 Å². The zero-order chi connectivity index (χ0) is 19.3. The minimum absolute atomic E-state index is 0.198. The summed E-state index contributed by atoms with van der Waals surface area (Å²) in [6.45, 7) is 0.260. The van der Waals surface area contributed by atoms with E-state index in [0.29, 0.717) is 22.6 Å². The van der Waals surface area contributed by atoms with Crippen molar-refractivity contribution < 1.29 is 9.59 Å². The van der Waals surface area contributed by atoms with Crippen LogP contribution in [0.15, 0.2) is 79.0 Å². The average Bonchev–Trinajstić information content (AvgIpc) is 3.16. The number of nitrogens with one attached hydrogen (secondary N) is 2. The van der Waals surface area contributed by atoms with Crippen molar-refractivity contribution in [1.82, 2.24) is 19.9 Å². The first kappa shape index (κ1) is 17.4. The van der Waals surface area contributed by atoms with E-state index < -0.39 is 0 Å². The predicted molar refractivity (Wildman–Crippen MR) is 105 cm³/mol. The van der Waals surface area contributed by atoms with Crippen LogP contribution < -0.4 is 10.6 Å². The van der Waals surface area contributed by atoms with E-state index in [4.69, 9.17) is 0 Å². The molecule has 0 aliphatic heterocycles. The summed E-state index contributed by atoms with van der Waals surface area (Å²) in [6.07, 6.45) is 1.85. The molecule has 0 spiro atoms. The van der Waals surface area contributed by atoms with Gasteiger partial charge in [0.1, 0.15) is 0 Å². The number of benzene rings is 2. The molecule has 7 nitrogen and oxygen atoms in total. The number of pyridine rings is 1. The summed E-state index contributed by atoms with van der Waals surface area (Å²) in [4.78, 5) is 24.5. The van der Waals surface area contributed by atoms with Gasteiger partial charge in [0.15, 0.2) is 11.5 Å². The Morgan fingerprint density at radius 3 is 2.29 bits per heavy atom. The molecule has 138 valence electrons. The van der Waals surface area contributed by atoms with Gasteiger partial charge in [0.05, 0.1) is 6.54 Å². The first-order valence-electron chi connectivity index (χ1n) is 8.74. The van der Waals surface area contributed by atoms with E-state index >= 15 is 0 Å². The van der Waals surface area contributed by atoms with Gasteiger partial charge in [-0.2, -0.15) is 0 Å². The molecule has 2 aromatic heterocycles. The van der Waals surface area contributed by atoms with Gasteiger partial charge < -0.3 is 10.6 Å². The lowest BCUT2D eigenvalue weighted by Gasteiger charge is -2.07. The number of hydrogen-bond acceptors (Lipinski definition) is 4. The van der Waals surface area contributed by atoms with Gasteiger partial charge in [-0.15, -0.1) is 10.2 Å². The quantitative estimate of drug-likeness (QED) is 0.565. The van der Waals surface area contributed by atoms with Crippen molar-refractivity contribution in [2.75, 3.05) is 5.32 Å². The molecule has 2 amide bonds. The second-order valence-electron chi connectivity index (χ2n) is 6.13. The van der Waals surface area contributed by atoms with Crippen LogP contribution in [0.5, 0.6) is 0 Å². The van der Waals surface area contributed by atoms with Crippen LogP contribution in [-0.2, 0) is 6.54 Å². The third-order valence-corrected chi connectivity index (χ3v) is 4.23. The molecule has 0 fully saturated rings. The van der Waals surface area contributed by atoms with E-state index in [1.165, 1.54) is 0 Å². The molecule has 4 aromatic rings. The van der Waals surface area contributed by atoms with Gasteiger partial charge in [-0.25, -0.2) is 0 Å². The minimum Gasteiger partial charge on any atom is -0.345 e. The number of nitrogens with zero attached hydrogens (tertiary/aromatic N) is 3. The van der Waals surface area contributed by atoms with Crippen molar-refractivity contribution in [3.63, 3.8) is 0 Å². The molecular formula is C21H17N5O2. The molecule has 0 atom stereocenters. The van der Waals surface area contributed by atoms with E-state index in [1.807, 2.05) is 34.9 Å². The van der Waals surface area contributed by atoms with Crippen LogP contribution in [0.4, 0.5) is 5.69 Å². The van der Waals surface area contributed by atoms with Gasteiger partial charge >= 0.3 is 0 Å². The van der Waals surface area contributed by atoms with Crippen molar-refractivity contribution in [2.45, 2.75) is 6.54 Å². The molecule has 2 heterocycles. The summed E-state index contributed by atoms with van der Waals surface area (Å²) >= 11 is 0. The van der Waals surface area contributed by atoms with Crippen molar-refractivity contribution in [3.05, 3.63) is 95.9 Å². The normalized spacial score (nSPS) is 10.6. The zero-order valence-corrected chi connectivity index (χ0v) is 14.9. The summed E-state index contributed by atoms with van der Waals surface area (Å²) in [6, 6.07) is 21.3. The lowest BCUT2D eigenvalue weighted by Crippen LogP contribution is -2.24. The van der Waals surface area contributed by atoms with Crippen LogP contribution in [0.3, 0.4) is 0 Å². The number of rotatable bonds is 5. The highest BCUT2D eigenvalue weighted by Crippen LogP contribution is 2.12. The number of hydrogen-bond donors (Lipinski definition) is 2. The molecule has 0 saturated heterocycles. The fourth-order valence-corrected chi connectivity index (χ4v) is 2.77. The summed E-state index contributed by atoms with van der Waals surface area (Å²) in [5.74, 6) is 0.223. The Kier molecular flexibility index (Phi) is 4.79. The summed E-state index contributed by atoms with van der Waals surface area (Å²) in [5, 5.41) is 13.8. The maximum Gasteiger partial charge on any atom is 0.255 e. The minimum atomic E-state index is -0.228. The molecule has 28 heavy (non-hydrogen) atoms. The van der Waals surface area contributed by atoms with E-state index in [1.54, 1.807) is 48.5 Å². The van der Waals surface area contributed by atoms with Gasteiger partial charge in [-0.3, -0.25) is 14.0 Å². The largest absolute Gasteiger partial charge is 0.345 e. The highest BCUT2D eigenvalue weighted by molar-refractivity contribution is 6.04. The molecule has 0 radical (unpaired) electrons. The van der Waals surface area contributed by atoms with Crippen molar-refractivity contribution >= 4 is 23.1 Å². The molecule has 0 aliphatic carbocycles. The van der Waals surface area contributed by atoms with Gasteiger partial charge in [0, 0.05) is 23.0 Å². The van der Waals surface area contributed by atoms with Crippen LogP contribution >= 0.6 is 0 Å². The number of fused-ring (bicyclic) bond motifs is 1. The second kappa shape index (κ2) is 7.71. The lowest BCUT2D eigenvalue weighted by molar-refractivity contribution is 0.0949. The van der Waals surface area contributed by atoms with E-state index in [0.717, 1.165) is 5.65 Å². The number of aromatic nitrogens is 3. The Morgan fingerprint density at radius 2 is 1.50 bits per heavy atom. The number of carbonyl (C=O) groups excluding carboxylic acids is 2. The molecule has 7 heteroatoms. The molecule has 0 unspecified atom stereocenters. The van der Waals surface area contributed by atoms with Crippen LogP contribution in [0.1, 0.15) is 26.5 Å². The highest BCUT2D eigenvalue weighted by Gasteiger charge is 2.10. The first-order valence-corrected chi connectivity index (χ1v) is 8.74. The lowest BCUT2D eigenvalue weighted by atomic mass is 10.1. The SMILES string of the molecule is O=C(NCc1nnc2ccccn12)c1ccc(NC(=O)c2ccccc2)cc1. The molecule has 2 aromatic carbocycles. The van der Waals surface area contributed by atoms with Crippen LogP contribution in [0.2, 0.25) is 0 Å². The summed E-state index contributed by atoms with van der Waals surface area (Å²) in [7, 11) is 0. The Balaban J connectivity index is 1.38. The van der Waals surface area contributed by atoms with Crippen LogP contribution in [-0.4, -0.2) is 26.4 Å². The zero-order valence-electron chi connectivity index (χ0n) is 14.9. The molecule has 2 N–H and O–H groups in total. The molecule has 0 saturated carbocycles. The maximum atomic E-state index is 12.4. The monoisotopic (exact) mass is 371 g/mol. The topological polar surface area (TPSA) is 88.4 Å². The Labute approximate surface area is 161 Å². The van der Waals surface area contributed by atoms with Crippen molar-refractivity contribution in [2.24, 2.45) is 0 Å². The standard InChI is InChI=1S/C21H17N5O2/c27-20(22-14-19-25-24-18-8-4-5-13-26(18)19)16-9-11-17(12-10-16)23-21(28)15-6-2-1-3-7-15/h1-13H,14H2,(H,22,27)(H,23,28). The second-order valence-corrected chi connectivity index (χ2v) is 6.13. The Bertz CT molecular complexity index is 1120. The fraction of sp³-hybridized carbons (Fsp3) is 0.0476. The predicted octanol–water partition coefficient (Wildman–Crippen LogP) is 2.91. The van der Waals surface area contributed by atoms with Crippen LogP contribution in [0, 0.1) is 0 Å². The van der Waals surface area contributed by atoms with Crippen molar-refractivity contribution in [1.29, 1.82) is 0 Å². The van der Waals surface area contributed by atoms with Gasteiger partial charge in [-0.05, 0) is 48.5 Å². The van der Waals surface area contributed by atoms with Gasteiger partial charge in [0.25, 0.3) is 11.8 Å². The van der Waals surface area contributed by atoms with Crippen molar-refractivity contribution in [3.8, 4) is 0 Å². The van der Waals surface area contributed by atoms with Gasteiger partial charge in [0.2, 0.25) is 0 Å². The molecule has 4 rings (SSSR count). The van der Waals surface area contributed by atoms with E-state index in [-0.39, 0.29) is 18.4 Å².